The highest BCUT2D eigenvalue weighted by Crippen LogP contribution is 2.29. The van der Waals surface area contributed by atoms with Crippen LogP contribution in [0.25, 0.3) is 0 Å². The summed E-state index contributed by atoms with van der Waals surface area (Å²) >= 11 is 0. The lowest BCUT2D eigenvalue weighted by Crippen LogP contribution is -2.00. The predicted octanol–water partition coefficient (Wildman–Crippen LogP) is 5.96. The predicted molar refractivity (Wildman–Crippen MR) is 92.8 cm³/mol. The molecule has 2 aromatic rings. The number of hydrogen-bond donors (Lipinski definition) is 0. The molecule has 0 unspecified atom stereocenters. The van der Waals surface area contributed by atoms with E-state index in [4.69, 9.17) is 0 Å². The molecule has 0 amide bonds. The minimum atomic E-state index is 0.424. The number of benzene rings is 2. The summed E-state index contributed by atoms with van der Waals surface area (Å²) in [6.45, 7) is 6.31. The Bertz CT molecular complexity index is 552. The topological polar surface area (TPSA) is 0 Å². The Balaban J connectivity index is 2.29. The molecule has 0 nitrogen and oxygen atoms in total. The summed E-state index contributed by atoms with van der Waals surface area (Å²) in [6.07, 6.45) is 9.56. The highest BCUT2D eigenvalue weighted by atomic mass is 14.2. The number of rotatable bonds is 5. The van der Waals surface area contributed by atoms with Crippen LogP contribution in [0.2, 0.25) is 0 Å². The number of hydrogen-bond acceptors (Lipinski definition) is 0. The zero-order valence-corrected chi connectivity index (χ0v) is 13.2. The highest BCUT2D eigenvalue weighted by molar-refractivity contribution is 5.36. The fraction of sp³-hybridized carbons (Fsp3) is 0.238. The summed E-state index contributed by atoms with van der Waals surface area (Å²) in [6, 6.07) is 17.8. The Morgan fingerprint density at radius 2 is 1.24 bits per heavy atom. The van der Waals surface area contributed by atoms with E-state index >= 15 is 0 Å². The fourth-order valence-corrected chi connectivity index (χ4v) is 2.47. The molecule has 21 heavy (non-hydrogen) atoms. The van der Waals surface area contributed by atoms with Crippen LogP contribution in [0.4, 0.5) is 0 Å². The average Bonchev–Trinajstić information content (AvgIpc) is 2.50. The second-order valence-electron chi connectivity index (χ2n) is 5.56. The van der Waals surface area contributed by atoms with Crippen molar-refractivity contribution >= 4 is 0 Å². The Hall–Kier alpha value is -2.08. The Labute approximate surface area is 128 Å². The minimum Gasteiger partial charge on any atom is -0.0877 e. The van der Waals surface area contributed by atoms with Gasteiger partial charge in [0.15, 0.2) is 0 Å². The van der Waals surface area contributed by atoms with Crippen molar-refractivity contribution < 1.29 is 0 Å². The summed E-state index contributed by atoms with van der Waals surface area (Å²) in [5.74, 6) is 0.424. The molecule has 0 bridgehead atoms. The summed E-state index contributed by atoms with van der Waals surface area (Å²) in [7, 11) is 0. The van der Waals surface area contributed by atoms with E-state index in [0.717, 1.165) is 6.42 Å². The van der Waals surface area contributed by atoms with Crippen LogP contribution < -0.4 is 0 Å². The molecule has 0 saturated carbocycles. The van der Waals surface area contributed by atoms with Crippen molar-refractivity contribution in [2.75, 3.05) is 0 Å². The highest BCUT2D eigenvalue weighted by Gasteiger charge is 2.12. The van der Waals surface area contributed by atoms with Gasteiger partial charge in [-0.3, -0.25) is 0 Å². The van der Waals surface area contributed by atoms with E-state index in [-0.39, 0.29) is 0 Å². The standard InChI is InChI=1S/C21H24/c1-4-5-6-7-8-21(19-13-9-17(2)10-14-19)20-15-11-18(3)12-16-20/h4-7,9-16,21H,8H2,1-3H3/b5-4-,7-6-. The van der Waals surface area contributed by atoms with Gasteiger partial charge in [-0.1, -0.05) is 84.0 Å². The smallest absolute Gasteiger partial charge is 0.0124 e. The van der Waals surface area contributed by atoms with Gasteiger partial charge >= 0.3 is 0 Å². The fourth-order valence-electron chi connectivity index (χ4n) is 2.47. The Morgan fingerprint density at radius 1 is 0.762 bits per heavy atom. The van der Waals surface area contributed by atoms with Gasteiger partial charge in [-0.2, -0.15) is 0 Å². The van der Waals surface area contributed by atoms with Crippen LogP contribution in [0.15, 0.2) is 72.8 Å². The summed E-state index contributed by atoms with van der Waals surface area (Å²) < 4.78 is 0. The lowest BCUT2D eigenvalue weighted by Gasteiger charge is -2.17. The first-order valence-corrected chi connectivity index (χ1v) is 7.61. The molecule has 2 aromatic carbocycles. The normalized spacial score (nSPS) is 11.8. The first-order valence-electron chi connectivity index (χ1n) is 7.61. The van der Waals surface area contributed by atoms with Gasteiger partial charge in [0.2, 0.25) is 0 Å². The van der Waals surface area contributed by atoms with Gasteiger partial charge in [0.1, 0.15) is 0 Å². The Kier molecular flexibility index (Phi) is 5.57. The summed E-state index contributed by atoms with van der Waals surface area (Å²) in [5, 5.41) is 0. The van der Waals surface area contributed by atoms with Crippen molar-refractivity contribution in [2.24, 2.45) is 0 Å². The number of allylic oxidation sites excluding steroid dienone is 4. The molecule has 0 atom stereocenters. The molecule has 0 aliphatic heterocycles. The van der Waals surface area contributed by atoms with E-state index in [0.29, 0.717) is 5.92 Å². The van der Waals surface area contributed by atoms with Crippen LogP contribution in [-0.4, -0.2) is 0 Å². The van der Waals surface area contributed by atoms with E-state index in [1.54, 1.807) is 0 Å². The molecule has 0 N–H and O–H groups in total. The van der Waals surface area contributed by atoms with Crippen LogP contribution >= 0.6 is 0 Å². The van der Waals surface area contributed by atoms with Crippen molar-refractivity contribution in [3.8, 4) is 0 Å². The van der Waals surface area contributed by atoms with Crippen molar-refractivity contribution in [1.82, 2.24) is 0 Å². The maximum atomic E-state index is 2.25. The van der Waals surface area contributed by atoms with Crippen LogP contribution in [-0.2, 0) is 0 Å². The van der Waals surface area contributed by atoms with E-state index < -0.39 is 0 Å². The summed E-state index contributed by atoms with van der Waals surface area (Å²) in [5.41, 5.74) is 5.39. The van der Waals surface area contributed by atoms with Crippen molar-refractivity contribution in [3.05, 3.63) is 95.1 Å². The monoisotopic (exact) mass is 276 g/mol. The van der Waals surface area contributed by atoms with Gasteiger partial charge in [0.05, 0.1) is 0 Å². The van der Waals surface area contributed by atoms with Crippen LogP contribution in [0.1, 0.15) is 41.5 Å². The van der Waals surface area contributed by atoms with Crippen molar-refractivity contribution in [2.45, 2.75) is 33.1 Å². The molecule has 2 rings (SSSR count). The van der Waals surface area contributed by atoms with E-state index in [1.165, 1.54) is 22.3 Å². The van der Waals surface area contributed by atoms with Gasteiger partial charge in [-0.25, -0.2) is 0 Å². The SMILES string of the molecule is C/C=C\C=C/CC(c1ccc(C)cc1)c1ccc(C)cc1. The largest absolute Gasteiger partial charge is 0.0877 e. The molecule has 0 saturated heterocycles. The molecule has 0 aliphatic rings. The van der Waals surface area contributed by atoms with Crippen LogP contribution in [0.3, 0.4) is 0 Å². The second kappa shape index (κ2) is 7.64. The van der Waals surface area contributed by atoms with Gasteiger partial charge in [-0.05, 0) is 38.3 Å². The molecule has 0 heteroatoms. The molecule has 0 radical (unpaired) electrons. The lowest BCUT2D eigenvalue weighted by molar-refractivity contribution is 0.828. The lowest BCUT2D eigenvalue weighted by atomic mass is 9.87. The zero-order chi connectivity index (χ0) is 15.1. The van der Waals surface area contributed by atoms with E-state index in [9.17, 15) is 0 Å². The van der Waals surface area contributed by atoms with Crippen molar-refractivity contribution in [3.63, 3.8) is 0 Å². The van der Waals surface area contributed by atoms with E-state index in [2.05, 4.69) is 86.7 Å². The van der Waals surface area contributed by atoms with Crippen LogP contribution in [0, 0.1) is 13.8 Å². The van der Waals surface area contributed by atoms with E-state index in [1.807, 2.05) is 6.92 Å². The number of aryl methyl sites for hydroxylation is 2. The second-order valence-corrected chi connectivity index (χ2v) is 5.56. The first kappa shape index (κ1) is 15.3. The molecule has 0 fully saturated rings. The van der Waals surface area contributed by atoms with Gasteiger partial charge < -0.3 is 0 Å². The maximum absolute atomic E-state index is 2.25. The molecule has 0 aliphatic carbocycles. The third kappa shape index (κ3) is 4.46. The van der Waals surface area contributed by atoms with Gasteiger partial charge in [-0.15, -0.1) is 0 Å². The quantitative estimate of drug-likeness (QED) is 0.591. The zero-order valence-electron chi connectivity index (χ0n) is 13.2. The average molecular weight is 276 g/mol. The third-order valence-corrected chi connectivity index (χ3v) is 3.77. The molecule has 108 valence electrons. The van der Waals surface area contributed by atoms with Gasteiger partial charge in [0.25, 0.3) is 0 Å². The van der Waals surface area contributed by atoms with Gasteiger partial charge in [0, 0.05) is 5.92 Å². The maximum Gasteiger partial charge on any atom is 0.0124 e. The minimum absolute atomic E-state index is 0.424. The van der Waals surface area contributed by atoms with Crippen LogP contribution in [0.5, 0.6) is 0 Å². The van der Waals surface area contributed by atoms with Crippen molar-refractivity contribution in [1.29, 1.82) is 0 Å². The molecule has 0 spiro atoms. The molecular weight excluding hydrogens is 252 g/mol. The third-order valence-electron chi connectivity index (χ3n) is 3.77. The molecular formula is C21H24. The first-order chi connectivity index (χ1) is 10.2. The molecule has 0 aromatic heterocycles. The summed E-state index contributed by atoms with van der Waals surface area (Å²) in [4.78, 5) is 0. The molecule has 0 heterocycles. The Morgan fingerprint density at radius 3 is 1.67 bits per heavy atom.